The summed E-state index contributed by atoms with van der Waals surface area (Å²) in [4.78, 5) is 30.4. The fourth-order valence-electron chi connectivity index (χ4n) is 4.70. The van der Waals surface area contributed by atoms with Crippen LogP contribution in [0.1, 0.15) is 64.4 Å². The molecule has 1 amide bonds. The minimum atomic E-state index is -0.882. The number of halogens is 1. The maximum Gasteiger partial charge on any atom is 0.249 e. The van der Waals surface area contributed by atoms with Gasteiger partial charge in [0.25, 0.3) is 0 Å². The Balaban J connectivity index is 1.49. The van der Waals surface area contributed by atoms with Crippen LogP contribution in [0.5, 0.6) is 0 Å². The molecule has 35 heavy (non-hydrogen) atoms. The van der Waals surface area contributed by atoms with E-state index >= 15 is 0 Å². The fraction of sp³-hybridized carbons (Fsp3) is 0.429. The van der Waals surface area contributed by atoms with Crippen LogP contribution in [-0.2, 0) is 16.1 Å². The average molecular weight is 477 g/mol. The molecule has 1 fully saturated rings. The highest BCUT2D eigenvalue weighted by Crippen LogP contribution is 2.30. The van der Waals surface area contributed by atoms with Crippen molar-refractivity contribution in [2.75, 3.05) is 5.32 Å². The number of amides is 1. The second-order valence-electron chi connectivity index (χ2n) is 10.2. The number of carbonyl (C=O) groups is 2. The number of ketones is 1. The Hall–Kier alpha value is -3.35. The average Bonchev–Trinajstić information content (AvgIpc) is 3.22. The highest BCUT2D eigenvalue weighted by atomic mass is 19.1. The number of nitrogens with zero attached hydrogens (tertiary/aromatic N) is 3. The number of anilines is 1. The van der Waals surface area contributed by atoms with E-state index in [1.807, 2.05) is 30.3 Å². The maximum atomic E-state index is 13.5. The van der Waals surface area contributed by atoms with Crippen molar-refractivity contribution in [2.45, 2.75) is 65.3 Å². The number of rotatable bonds is 9. The first-order valence-electron chi connectivity index (χ1n) is 12.4. The molecule has 0 aliphatic heterocycles. The molecule has 1 heterocycles. The molecule has 0 atom stereocenters. The number of carbonyl (C=O) groups excluding carboxylic acids is 2. The smallest absolute Gasteiger partial charge is 0.249 e. The van der Waals surface area contributed by atoms with Gasteiger partial charge in [-0.05, 0) is 35.7 Å². The van der Waals surface area contributed by atoms with E-state index in [-0.39, 0.29) is 29.9 Å². The molecule has 0 unspecified atom stereocenters. The molecular weight excluding hydrogens is 443 g/mol. The van der Waals surface area contributed by atoms with Crippen molar-refractivity contribution in [1.82, 2.24) is 14.8 Å². The lowest BCUT2D eigenvalue weighted by molar-refractivity contribution is -0.130. The van der Waals surface area contributed by atoms with Crippen LogP contribution >= 0.6 is 0 Å². The SMILES string of the molecule is CC(C)(CC(=O)CC1CCCCC1)C(=O)Nc1nc(-c2ccc(F)cc2)n(Cc2ccccc2)n1. The summed E-state index contributed by atoms with van der Waals surface area (Å²) in [6, 6.07) is 15.8. The minimum Gasteiger partial charge on any atom is -0.300 e. The Morgan fingerprint density at radius 3 is 2.40 bits per heavy atom. The molecule has 7 heteroatoms. The van der Waals surface area contributed by atoms with Gasteiger partial charge in [-0.1, -0.05) is 76.3 Å². The van der Waals surface area contributed by atoms with E-state index < -0.39 is 5.41 Å². The van der Waals surface area contributed by atoms with Gasteiger partial charge in [0, 0.05) is 18.4 Å². The number of Topliss-reactive ketones (excluding diaryl/α,β-unsaturated/α-hetero) is 1. The first-order chi connectivity index (χ1) is 16.8. The highest BCUT2D eigenvalue weighted by molar-refractivity contribution is 5.96. The van der Waals surface area contributed by atoms with Crippen molar-refractivity contribution >= 4 is 17.6 Å². The van der Waals surface area contributed by atoms with E-state index in [0.29, 0.717) is 30.3 Å². The Labute approximate surface area is 206 Å². The van der Waals surface area contributed by atoms with Crippen molar-refractivity contribution in [3.05, 3.63) is 66.0 Å². The minimum absolute atomic E-state index is 0.131. The Morgan fingerprint density at radius 1 is 1.03 bits per heavy atom. The molecule has 1 aliphatic carbocycles. The van der Waals surface area contributed by atoms with Crippen LogP contribution in [0.25, 0.3) is 11.4 Å². The van der Waals surface area contributed by atoms with Gasteiger partial charge in [-0.3, -0.25) is 14.9 Å². The third-order valence-corrected chi connectivity index (χ3v) is 6.67. The normalized spacial score (nSPS) is 14.6. The van der Waals surface area contributed by atoms with Crippen LogP contribution in [0.15, 0.2) is 54.6 Å². The first kappa shape index (κ1) is 24.8. The summed E-state index contributed by atoms with van der Waals surface area (Å²) in [7, 11) is 0. The summed E-state index contributed by atoms with van der Waals surface area (Å²) < 4.78 is 15.2. The summed E-state index contributed by atoms with van der Waals surface area (Å²) in [5, 5.41) is 7.34. The first-order valence-corrected chi connectivity index (χ1v) is 12.4. The molecule has 1 saturated carbocycles. The monoisotopic (exact) mass is 476 g/mol. The molecule has 1 aliphatic rings. The van der Waals surface area contributed by atoms with Gasteiger partial charge in [-0.2, -0.15) is 4.98 Å². The lowest BCUT2D eigenvalue weighted by atomic mass is 9.80. The molecular formula is C28H33FN4O2. The maximum absolute atomic E-state index is 13.5. The predicted octanol–water partition coefficient (Wildman–Crippen LogP) is 6.03. The van der Waals surface area contributed by atoms with Crippen molar-refractivity contribution in [3.63, 3.8) is 0 Å². The topological polar surface area (TPSA) is 76.9 Å². The zero-order valence-corrected chi connectivity index (χ0v) is 20.5. The fourth-order valence-corrected chi connectivity index (χ4v) is 4.70. The van der Waals surface area contributed by atoms with E-state index in [9.17, 15) is 14.0 Å². The molecule has 1 N–H and O–H groups in total. The molecule has 6 nitrogen and oxygen atoms in total. The van der Waals surface area contributed by atoms with Gasteiger partial charge < -0.3 is 0 Å². The molecule has 2 aromatic carbocycles. The van der Waals surface area contributed by atoms with Crippen LogP contribution in [0.4, 0.5) is 10.3 Å². The summed E-state index contributed by atoms with van der Waals surface area (Å²) in [6.45, 7) is 4.01. The third kappa shape index (κ3) is 6.62. The number of aromatic nitrogens is 3. The summed E-state index contributed by atoms with van der Waals surface area (Å²) in [5.41, 5.74) is 0.830. The van der Waals surface area contributed by atoms with E-state index in [1.165, 1.54) is 31.4 Å². The van der Waals surface area contributed by atoms with Gasteiger partial charge in [-0.15, -0.1) is 5.10 Å². The largest absolute Gasteiger partial charge is 0.300 e. The van der Waals surface area contributed by atoms with E-state index in [4.69, 9.17) is 0 Å². The van der Waals surface area contributed by atoms with Crippen molar-refractivity contribution in [1.29, 1.82) is 0 Å². The van der Waals surface area contributed by atoms with Gasteiger partial charge in [-0.25, -0.2) is 9.07 Å². The molecule has 4 rings (SSSR count). The van der Waals surface area contributed by atoms with Crippen molar-refractivity contribution in [3.8, 4) is 11.4 Å². The zero-order valence-electron chi connectivity index (χ0n) is 20.5. The van der Waals surface area contributed by atoms with Crippen LogP contribution in [0.3, 0.4) is 0 Å². The van der Waals surface area contributed by atoms with Crippen LogP contribution in [0, 0.1) is 17.2 Å². The summed E-state index contributed by atoms with van der Waals surface area (Å²) >= 11 is 0. The lowest BCUT2D eigenvalue weighted by Crippen LogP contribution is -2.33. The molecule has 3 aromatic rings. The van der Waals surface area contributed by atoms with Crippen molar-refractivity contribution in [2.24, 2.45) is 11.3 Å². The Bertz CT molecular complexity index is 1150. The van der Waals surface area contributed by atoms with Crippen LogP contribution in [-0.4, -0.2) is 26.5 Å². The van der Waals surface area contributed by atoms with Gasteiger partial charge in [0.1, 0.15) is 11.6 Å². The molecule has 1 aromatic heterocycles. The van der Waals surface area contributed by atoms with Crippen LogP contribution in [0.2, 0.25) is 0 Å². The quantitative estimate of drug-likeness (QED) is 0.409. The Kier molecular flexibility index (Phi) is 7.73. The number of hydrogen-bond acceptors (Lipinski definition) is 4. The Morgan fingerprint density at radius 2 is 1.71 bits per heavy atom. The molecule has 0 radical (unpaired) electrons. The molecule has 0 spiro atoms. The number of nitrogens with one attached hydrogen (secondary N) is 1. The van der Waals surface area contributed by atoms with Gasteiger partial charge in [0.15, 0.2) is 5.82 Å². The standard InChI is InChI=1S/C28H33FN4O2/c1-28(2,18-24(34)17-20-9-5-3-6-10-20)26(35)31-27-30-25(22-13-15-23(29)16-14-22)33(32-27)19-21-11-7-4-8-12-21/h4,7-8,11-16,20H,3,5-6,9-10,17-19H2,1-2H3,(H,31,32,35). The highest BCUT2D eigenvalue weighted by Gasteiger charge is 2.32. The van der Waals surface area contributed by atoms with E-state index in [2.05, 4.69) is 15.4 Å². The summed E-state index contributed by atoms with van der Waals surface area (Å²) in [5.74, 6) is 0.636. The second-order valence-corrected chi connectivity index (χ2v) is 10.2. The predicted molar refractivity (Wildman–Crippen MR) is 134 cm³/mol. The molecule has 0 saturated heterocycles. The third-order valence-electron chi connectivity index (χ3n) is 6.67. The lowest BCUT2D eigenvalue weighted by Gasteiger charge is -2.25. The zero-order chi connectivity index (χ0) is 24.8. The van der Waals surface area contributed by atoms with Gasteiger partial charge in [0.2, 0.25) is 11.9 Å². The van der Waals surface area contributed by atoms with Crippen molar-refractivity contribution < 1.29 is 14.0 Å². The molecule has 184 valence electrons. The number of benzene rings is 2. The van der Waals surface area contributed by atoms with Gasteiger partial charge in [0.05, 0.1) is 12.0 Å². The van der Waals surface area contributed by atoms with E-state index in [1.54, 1.807) is 30.7 Å². The van der Waals surface area contributed by atoms with E-state index in [0.717, 1.165) is 18.4 Å². The summed E-state index contributed by atoms with van der Waals surface area (Å²) in [6.07, 6.45) is 6.58. The molecule has 0 bridgehead atoms. The number of hydrogen-bond donors (Lipinski definition) is 1. The van der Waals surface area contributed by atoms with Gasteiger partial charge >= 0.3 is 0 Å². The van der Waals surface area contributed by atoms with Crippen LogP contribution < -0.4 is 5.32 Å². The second kappa shape index (κ2) is 10.9.